The number of sulfonamides is 1. The molecule has 3 rings (SSSR count). The van der Waals surface area contributed by atoms with E-state index in [0.717, 1.165) is 17.7 Å². The summed E-state index contributed by atoms with van der Waals surface area (Å²) in [5.74, 6) is 0.337. The number of nitrogens with zero attached hydrogens (tertiary/aromatic N) is 1. The van der Waals surface area contributed by atoms with Gasteiger partial charge in [-0.15, -0.1) is 0 Å². The molecular formula is C17H25NO5S. The first-order chi connectivity index (χ1) is 11.5. The quantitative estimate of drug-likeness (QED) is 0.806. The SMILES string of the molecule is COc1ccc(CCS(=O)(=O)N2CCC3(CC2)OCCCO3)cc1. The van der Waals surface area contributed by atoms with Gasteiger partial charge >= 0.3 is 0 Å². The third-order valence-corrected chi connectivity index (χ3v) is 6.58. The standard InChI is InChI=1S/C17H25NO5S/c1-21-16-5-3-15(4-6-16)7-14-24(19,20)18-10-8-17(9-11-18)22-12-2-13-23-17/h3-6H,2,7-14H2,1H3. The van der Waals surface area contributed by atoms with Crippen molar-refractivity contribution in [3.05, 3.63) is 29.8 Å². The molecule has 0 unspecified atom stereocenters. The van der Waals surface area contributed by atoms with Crippen molar-refractivity contribution >= 4 is 10.0 Å². The van der Waals surface area contributed by atoms with Crippen LogP contribution in [0, 0.1) is 0 Å². The fourth-order valence-corrected chi connectivity index (χ4v) is 4.67. The minimum atomic E-state index is -3.26. The fraction of sp³-hybridized carbons (Fsp3) is 0.647. The average molecular weight is 355 g/mol. The molecule has 1 spiro atoms. The zero-order chi connectivity index (χ0) is 17.0. The highest BCUT2D eigenvalue weighted by molar-refractivity contribution is 7.89. The van der Waals surface area contributed by atoms with Gasteiger partial charge in [0.2, 0.25) is 10.0 Å². The van der Waals surface area contributed by atoms with Crippen molar-refractivity contribution in [2.45, 2.75) is 31.5 Å². The molecule has 0 saturated carbocycles. The van der Waals surface area contributed by atoms with Crippen LogP contribution in [0.4, 0.5) is 0 Å². The molecule has 0 radical (unpaired) electrons. The minimum Gasteiger partial charge on any atom is -0.497 e. The lowest BCUT2D eigenvalue weighted by atomic mass is 10.0. The first kappa shape index (κ1) is 17.7. The molecule has 24 heavy (non-hydrogen) atoms. The van der Waals surface area contributed by atoms with E-state index in [1.54, 1.807) is 11.4 Å². The molecule has 2 saturated heterocycles. The van der Waals surface area contributed by atoms with Gasteiger partial charge in [-0.3, -0.25) is 0 Å². The Morgan fingerprint density at radius 3 is 2.33 bits per heavy atom. The van der Waals surface area contributed by atoms with Gasteiger partial charge in [-0.1, -0.05) is 12.1 Å². The third-order valence-electron chi connectivity index (χ3n) is 4.70. The highest BCUT2D eigenvalue weighted by Gasteiger charge is 2.40. The summed E-state index contributed by atoms with van der Waals surface area (Å²) in [4.78, 5) is 0. The van der Waals surface area contributed by atoms with Crippen LogP contribution in [0.5, 0.6) is 5.75 Å². The van der Waals surface area contributed by atoms with Crippen LogP contribution in [0.1, 0.15) is 24.8 Å². The Kier molecular flexibility index (Phi) is 5.44. The Labute approximate surface area is 143 Å². The molecule has 7 heteroatoms. The number of hydrogen-bond donors (Lipinski definition) is 0. The Bertz CT molecular complexity index is 627. The number of ether oxygens (including phenoxy) is 3. The van der Waals surface area contributed by atoms with Gasteiger partial charge in [0.05, 0.1) is 26.1 Å². The van der Waals surface area contributed by atoms with Gasteiger partial charge in [0.1, 0.15) is 5.75 Å². The Morgan fingerprint density at radius 1 is 1.12 bits per heavy atom. The van der Waals surface area contributed by atoms with E-state index >= 15 is 0 Å². The van der Waals surface area contributed by atoms with E-state index in [-0.39, 0.29) is 5.75 Å². The van der Waals surface area contributed by atoms with Crippen molar-refractivity contribution < 1.29 is 22.6 Å². The molecule has 2 aliphatic heterocycles. The molecule has 0 atom stereocenters. The summed E-state index contributed by atoms with van der Waals surface area (Å²) in [7, 11) is -1.65. The second-order valence-electron chi connectivity index (χ2n) is 6.27. The van der Waals surface area contributed by atoms with Gasteiger partial charge in [0, 0.05) is 25.9 Å². The second-order valence-corrected chi connectivity index (χ2v) is 8.36. The summed E-state index contributed by atoms with van der Waals surface area (Å²) in [6.07, 6.45) is 2.62. The first-order valence-electron chi connectivity index (χ1n) is 8.42. The highest BCUT2D eigenvalue weighted by Crippen LogP contribution is 2.31. The smallest absolute Gasteiger partial charge is 0.214 e. The zero-order valence-corrected chi connectivity index (χ0v) is 14.9. The van der Waals surface area contributed by atoms with Crippen LogP contribution < -0.4 is 4.74 Å². The molecule has 2 heterocycles. The van der Waals surface area contributed by atoms with Gasteiger partial charge < -0.3 is 14.2 Å². The number of hydrogen-bond acceptors (Lipinski definition) is 5. The van der Waals surface area contributed by atoms with Crippen LogP contribution in [0.3, 0.4) is 0 Å². The maximum atomic E-state index is 12.6. The zero-order valence-electron chi connectivity index (χ0n) is 14.1. The van der Waals surface area contributed by atoms with E-state index in [1.807, 2.05) is 24.3 Å². The van der Waals surface area contributed by atoms with Gasteiger partial charge in [-0.25, -0.2) is 12.7 Å². The summed E-state index contributed by atoms with van der Waals surface area (Å²) in [6.45, 7) is 2.32. The van der Waals surface area contributed by atoms with Crippen molar-refractivity contribution in [2.75, 3.05) is 39.2 Å². The molecule has 0 aliphatic carbocycles. The Hall–Kier alpha value is -1.15. The molecule has 0 N–H and O–H groups in total. The summed E-state index contributed by atoms with van der Waals surface area (Å²) in [5, 5.41) is 0. The fourth-order valence-electron chi connectivity index (χ4n) is 3.18. The third kappa shape index (κ3) is 4.08. The monoisotopic (exact) mass is 355 g/mol. The van der Waals surface area contributed by atoms with Crippen molar-refractivity contribution in [2.24, 2.45) is 0 Å². The average Bonchev–Trinajstić information content (AvgIpc) is 2.61. The number of methoxy groups -OCH3 is 1. The Morgan fingerprint density at radius 2 is 1.75 bits per heavy atom. The normalized spacial score (nSPS) is 21.7. The van der Waals surface area contributed by atoms with Crippen LogP contribution in [0.25, 0.3) is 0 Å². The van der Waals surface area contributed by atoms with E-state index < -0.39 is 15.8 Å². The Balaban J connectivity index is 1.53. The van der Waals surface area contributed by atoms with Gasteiger partial charge in [0.15, 0.2) is 5.79 Å². The molecule has 134 valence electrons. The van der Waals surface area contributed by atoms with Gasteiger partial charge in [0.25, 0.3) is 0 Å². The largest absolute Gasteiger partial charge is 0.497 e. The summed E-state index contributed by atoms with van der Waals surface area (Å²) < 4.78 is 43.4. The first-order valence-corrected chi connectivity index (χ1v) is 10.0. The van der Waals surface area contributed by atoms with E-state index in [2.05, 4.69) is 0 Å². The van der Waals surface area contributed by atoms with Crippen LogP contribution in [0.15, 0.2) is 24.3 Å². The lowest BCUT2D eigenvalue weighted by molar-refractivity contribution is -0.280. The molecule has 1 aromatic rings. The molecule has 0 amide bonds. The van der Waals surface area contributed by atoms with Crippen molar-refractivity contribution in [3.63, 3.8) is 0 Å². The number of benzene rings is 1. The predicted molar refractivity (Wildman–Crippen MR) is 90.5 cm³/mol. The summed E-state index contributed by atoms with van der Waals surface area (Å²) >= 11 is 0. The van der Waals surface area contributed by atoms with Crippen molar-refractivity contribution in [3.8, 4) is 5.75 Å². The van der Waals surface area contributed by atoms with Crippen molar-refractivity contribution in [1.82, 2.24) is 4.31 Å². The molecular weight excluding hydrogens is 330 g/mol. The van der Waals surface area contributed by atoms with E-state index in [1.165, 1.54) is 0 Å². The van der Waals surface area contributed by atoms with Gasteiger partial charge in [-0.05, 0) is 30.5 Å². The molecule has 0 bridgehead atoms. The maximum Gasteiger partial charge on any atom is 0.214 e. The van der Waals surface area contributed by atoms with Gasteiger partial charge in [-0.2, -0.15) is 0 Å². The molecule has 1 aromatic carbocycles. The second kappa shape index (κ2) is 7.39. The van der Waals surface area contributed by atoms with Crippen molar-refractivity contribution in [1.29, 1.82) is 0 Å². The van der Waals surface area contributed by atoms with Crippen LogP contribution in [-0.2, 0) is 25.9 Å². The number of rotatable bonds is 5. The van der Waals surface area contributed by atoms with Crippen LogP contribution in [0.2, 0.25) is 0 Å². The highest BCUT2D eigenvalue weighted by atomic mass is 32.2. The van der Waals surface area contributed by atoms with Crippen LogP contribution in [-0.4, -0.2) is 57.7 Å². The van der Waals surface area contributed by atoms with E-state index in [0.29, 0.717) is 45.6 Å². The van der Waals surface area contributed by atoms with E-state index in [4.69, 9.17) is 14.2 Å². The summed E-state index contributed by atoms with van der Waals surface area (Å²) in [5.41, 5.74) is 0.992. The van der Waals surface area contributed by atoms with E-state index in [9.17, 15) is 8.42 Å². The molecule has 0 aromatic heterocycles. The molecule has 2 fully saturated rings. The topological polar surface area (TPSA) is 65.1 Å². The minimum absolute atomic E-state index is 0.119. The lowest BCUT2D eigenvalue weighted by Crippen LogP contribution is -2.51. The number of piperidine rings is 1. The molecule has 6 nitrogen and oxygen atoms in total. The predicted octanol–water partition coefficient (Wildman–Crippen LogP) is 1.80. The summed E-state index contributed by atoms with van der Waals surface area (Å²) in [6, 6.07) is 7.52. The maximum absolute atomic E-state index is 12.6. The lowest BCUT2D eigenvalue weighted by Gasteiger charge is -2.42. The number of aryl methyl sites for hydroxylation is 1. The van der Waals surface area contributed by atoms with Crippen LogP contribution >= 0.6 is 0 Å². The molecule has 2 aliphatic rings.